The lowest BCUT2D eigenvalue weighted by Gasteiger charge is -2.38. The Hall–Kier alpha value is -2.01. The van der Waals surface area contributed by atoms with Gasteiger partial charge in [-0.25, -0.2) is 13.1 Å². The SMILES string of the molecule is O=S(=O)(NC1CCC(CCN2CCNCC2c2cccc(C(F)(F)F)c2)CC1)c1cccnc1. The minimum Gasteiger partial charge on any atom is -0.314 e. The van der Waals surface area contributed by atoms with E-state index in [1.807, 2.05) is 0 Å². The third-order valence-corrected chi connectivity index (χ3v) is 8.40. The standard InChI is InChI=1S/C24H31F3N4O2S/c25-24(26,27)20-4-1-3-19(15-20)23-17-29-12-14-31(23)13-10-18-6-8-21(9-7-18)30-34(32,33)22-5-2-11-28-16-22/h1-5,11,15-16,18,21,23,29-30H,6-10,12-14,17H2. The van der Waals surface area contributed by atoms with Crippen LogP contribution in [0.2, 0.25) is 0 Å². The molecule has 6 nitrogen and oxygen atoms in total. The first-order valence-corrected chi connectivity index (χ1v) is 13.2. The zero-order chi connectivity index (χ0) is 24.2. The first kappa shape index (κ1) is 25.1. The van der Waals surface area contributed by atoms with E-state index in [2.05, 4.69) is 19.9 Å². The highest BCUT2D eigenvalue weighted by Crippen LogP contribution is 2.33. The van der Waals surface area contributed by atoms with Crippen molar-refractivity contribution in [1.82, 2.24) is 19.9 Å². The van der Waals surface area contributed by atoms with Crippen molar-refractivity contribution in [3.63, 3.8) is 0 Å². The van der Waals surface area contributed by atoms with E-state index < -0.39 is 21.8 Å². The number of alkyl halides is 3. The number of pyridine rings is 1. The Labute approximate surface area is 199 Å². The van der Waals surface area contributed by atoms with Crippen LogP contribution in [0.1, 0.15) is 49.3 Å². The van der Waals surface area contributed by atoms with Gasteiger partial charge in [0.25, 0.3) is 0 Å². The maximum absolute atomic E-state index is 13.2. The molecule has 4 rings (SSSR count). The van der Waals surface area contributed by atoms with Crippen LogP contribution in [0.5, 0.6) is 0 Å². The fourth-order valence-electron chi connectivity index (χ4n) is 4.98. The average molecular weight is 497 g/mol. The van der Waals surface area contributed by atoms with Gasteiger partial charge in [0.05, 0.1) is 5.56 Å². The van der Waals surface area contributed by atoms with E-state index in [0.717, 1.165) is 57.8 Å². The highest BCUT2D eigenvalue weighted by Gasteiger charge is 2.32. The van der Waals surface area contributed by atoms with Crippen LogP contribution >= 0.6 is 0 Å². The highest BCUT2D eigenvalue weighted by atomic mass is 32.2. The summed E-state index contributed by atoms with van der Waals surface area (Å²) < 4.78 is 67.4. The lowest BCUT2D eigenvalue weighted by molar-refractivity contribution is -0.137. The van der Waals surface area contributed by atoms with E-state index in [1.54, 1.807) is 18.3 Å². The van der Waals surface area contributed by atoms with E-state index in [-0.39, 0.29) is 17.0 Å². The molecule has 186 valence electrons. The smallest absolute Gasteiger partial charge is 0.314 e. The molecule has 0 bridgehead atoms. The van der Waals surface area contributed by atoms with Gasteiger partial charge < -0.3 is 5.32 Å². The van der Waals surface area contributed by atoms with Gasteiger partial charge in [-0.05, 0) is 74.4 Å². The number of hydrogen-bond donors (Lipinski definition) is 2. The van der Waals surface area contributed by atoms with Crippen molar-refractivity contribution in [2.45, 2.75) is 55.3 Å². The Morgan fingerprint density at radius 1 is 1.12 bits per heavy atom. The predicted molar refractivity (Wildman–Crippen MR) is 124 cm³/mol. The van der Waals surface area contributed by atoms with Gasteiger partial charge in [0.15, 0.2) is 0 Å². The fraction of sp³-hybridized carbons (Fsp3) is 0.542. The molecule has 1 aromatic carbocycles. The number of nitrogens with zero attached hydrogens (tertiary/aromatic N) is 2. The monoisotopic (exact) mass is 496 g/mol. The molecule has 1 atom stereocenters. The second-order valence-corrected chi connectivity index (χ2v) is 10.9. The summed E-state index contributed by atoms with van der Waals surface area (Å²) in [4.78, 5) is 6.34. The van der Waals surface area contributed by atoms with E-state index >= 15 is 0 Å². The topological polar surface area (TPSA) is 74.3 Å². The van der Waals surface area contributed by atoms with E-state index in [9.17, 15) is 21.6 Å². The number of rotatable bonds is 7. The van der Waals surface area contributed by atoms with Crippen LogP contribution in [0.25, 0.3) is 0 Å². The van der Waals surface area contributed by atoms with Gasteiger partial charge in [0.1, 0.15) is 4.90 Å². The normalized spacial score (nSPS) is 24.7. The molecule has 1 aliphatic heterocycles. The van der Waals surface area contributed by atoms with Crippen molar-refractivity contribution in [1.29, 1.82) is 0 Å². The summed E-state index contributed by atoms with van der Waals surface area (Å²) in [6.07, 6.45) is 2.92. The molecule has 1 saturated carbocycles. The second-order valence-electron chi connectivity index (χ2n) is 9.20. The molecule has 1 aromatic heterocycles. The van der Waals surface area contributed by atoms with Crippen molar-refractivity contribution < 1.29 is 21.6 Å². The molecule has 2 aromatic rings. The third kappa shape index (κ3) is 6.35. The zero-order valence-electron chi connectivity index (χ0n) is 19.0. The summed E-state index contributed by atoms with van der Waals surface area (Å²) in [5, 5.41) is 3.31. The van der Waals surface area contributed by atoms with Gasteiger partial charge in [-0.3, -0.25) is 9.88 Å². The first-order chi connectivity index (χ1) is 16.2. The molecule has 10 heteroatoms. The lowest BCUT2D eigenvalue weighted by Crippen LogP contribution is -2.46. The van der Waals surface area contributed by atoms with Crippen LogP contribution in [0.3, 0.4) is 0 Å². The molecule has 0 spiro atoms. The molecule has 1 saturated heterocycles. The maximum atomic E-state index is 13.2. The van der Waals surface area contributed by atoms with Gasteiger partial charge in [-0.2, -0.15) is 13.2 Å². The molecule has 0 radical (unpaired) electrons. The van der Waals surface area contributed by atoms with E-state index in [1.165, 1.54) is 24.4 Å². The first-order valence-electron chi connectivity index (χ1n) is 11.8. The number of hydrogen-bond acceptors (Lipinski definition) is 5. The predicted octanol–water partition coefficient (Wildman–Crippen LogP) is 3.97. The third-order valence-electron chi connectivity index (χ3n) is 6.89. The minimum absolute atomic E-state index is 0.0846. The molecular formula is C24H31F3N4O2S. The summed E-state index contributed by atoms with van der Waals surface area (Å²) in [7, 11) is -3.57. The summed E-state index contributed by atoms with van der Waals surface area (Å²) in [6.45, 7) is 3.06. The van der Waals surface area contributed by atoms with Crippen LogP contribution in [0, 0.1) is 5.92 Å². The number of halogens is 3. The number of piperazine rings is 1. The van der Waals surface area contributed by atoms with Crippen molar-refractivity contribution in [2.24, 2.45) is 5.92 Å². The molecule has 2 aliphatic rings. The van der Waals surface area contributed by atoms with Crippen LogP contribution in [0.4, 0.5) is 13.2 Å². The maximum Gasteiger partial charge on any atom is 0.416 e. The number of sulfonamides is 1. The molecule has 34 heavy (non-hydrogen) atoms. The largest absolute Gasteiger partial charge is 0.416 e. The molecule has 2 fully saturated rings. The van der Waals surface area contributed by atoms with Gasteiger partial charge in [0.2, 0.25) is 10.0 Å². The summed E-state index contributed by atoms with van der Waals surface area (Å²) in [6, 6.07) is 8.62. The van der Waals surface area contributed by atoms with Gasteiger partial charge in [-0.1, -0.05) is 12.1 Å². The van der Waals surface area contributed by atoms with Crippen molar-refractivity contribution in [2.75, 3.05) is 26.2 Å². The summed E-state index contributed by atoms with van der Waals surface area (Å²) in [5.41, 5.74) is 0.0816. The van der Waals surface area contributed by atoms with Crippen LogP contribution in [-0.2, 0) is 16.2 Å². The van der Waals surface area contributed by atoms with Crippen molar-refractivity contribution in [3.05, 3.63) is 59.9 Å². The van der Waals surface area contributed by atoms with E-state index in [0.29, 0.717) is 18.0 Å². The molecule has 2 N–H and O–H groups in total. The van der Waals surface area contributed by atoms with Gasteiger partial charge >= 0.3 is 6.18 Å². The fourth-order valence-corrected chi connectivity index (χ4v) is 6.24. The number of benzene rings is 1. The molecule has 1 unspecified atom stereocenters. The molecule has 2 heterocycles. The summed E-state index contributed by atoms with van der Waals surface area (Å²) >= 11 is 0. The number of nitrogens with one attached hydrogen (secondary N) is 2. The quantitative estimate of drug-likeness (QED) is 0.607. The Balaban J connectivity index is 1.30. The zero-order valence-corrected chi connectivity index (χ0v) is 19.8. The van der Waals surface area contributed by atoms with Crippen LogP contribution in [-0.4, -0.2) is 50.5 Å². The highest BCUT2D eigenvalue weighted by molar-refractivity contribution is 7.89. The average Bonchev–Trinajstić information content (AvgIpc) is 2.84. The van der Waals surface area contributed by atoms with Crippen LogP contribution in [0.15, 0.2) is 53.7 Å². The van der Waals surface area contributed by atoms with E-state index in [4.69, 9.17) is 0 Å². The Kier molecular flexibility index (Phi) is 7.91. The molecular weight excluding hydrogens is 465 g/mol. The Morgan fingerprint density at radius 3 is 2.62 bits per heavy atom. The Morgan fingerprint density at radius 2 is 1.91 bits per heavy atom. The Bertz CT molecular complexity index is 1040. The molecule has 1 aliphatic carbocycles. The second kappa shape index (κ2) is 10.7. The lowest BCUT2D eigenvalue weighted by atomic mass is 9.84. The van der Waals surface area contributed by atoms with Crippen molar-refractivity contribution in [3.8, 4) is 0 Å². The van der Waals surface area contributed by atoms with Gasteiger partial charge in [-0.15, -0.1) is 0 Å². The van der Waals surface area contributed by atoms with Crippen molar-refractivity contribution >= 4 is 10.0 Å². The van der Waals surface area contributed by atoms with Gasteiger partial charge in [0, 0.05) is 44.1 Å². The minimum atomic E-state index is -4.35. The molecule has 0 amide bonds. The number of aromatic nitrogens is 1. The summed E-state index contributed by atoms with van der Waals surface area (Å²) in [5.74, 6) is 0.483. The van der Waals surface area contributed by atoms with Crippen LogP contribution < -0.4 is 10.0 Å².